The second-order valence-electron chi connectivity index (χ2n) is 5.54. The van der Waals surface area contributed by atoms with E-state index in [1.54, 1.807) is 26.0 Å². The quantitative estimate of drug-likeness (QED) is 0.534. The summed E-state index contributed by atoms with van der Waals surface area (Å²) in [6, 6.07) is 2.74. The fraction of sp³-hybridized carbons (Fsp3) is 0.529. The second-order valence-corrected chi connectivity index (χ2v) is 5.54. The standard InChI is InChI=1S/C17H25N3O5/c1-5-24-16(22)12(17(23)25-6-2)9-14(19-11(4)21)13-7-10(3)8-15(18)20-13/h7-8,12,14H,5-6,9H2,1-4H3,(H2,18,20)(H,19,21). The number of hydrogen-bond donors (Lipinski definition) is 2. The number of ether oxygens (including phenoxy) is 2. The van der Waals surface area contributed by atoms with E-state index in [1.807, 2.05) is 6.92 Å². The molecule has 3 N–H and O–H groups in total. The average Bonchev–Trinajstić information content (AvgIpc) is 2.50. The van der Waals surface area contributed by atoms with E-state index in [1.165, 1.54) is 6.92 Å². The third-order valence-corrected chi connectivity index (χ3v) is 3.36. The van der Waals surface area contributed by atoms with Gasteiger partial charge in [0, 0.05) is 6.92 Å². The SMILES string of the molecule is CCOC(=O)C(CC(NC(C)=O)c1cc(C)cc(N)n1)C(=O)OCC. The van der Waals surface area contributed by atoms with Crippen molar-refractivity contribution >= 4 is 23.7 Å². The van der Waals surface area contributed by atoms with Gasteiger partial charge in [0.1, 0.15) is 5.82 Å². The summed E-state index contributed by atoms with van der Waals surface area (Å²) in [6.45, 7) is 6.74. The van der Waals surface area contributed by atoms with Crippen molar-refractivity contribution in [3.63, 3.8) is 0 Å². The molecule has 1 aromatic rings. The first kappa shape index (κ1) is 20.4. The van der Waals surface area contributed by atoms with Crippen LogP contribution >= 0.6 is 0 Å². The minimum atomic E-state index is -1.17. The Morgan fingerprint density at radius 3 is 2.16 bits per heavy atom. The van der Waals surface area contributed by atoms with Crippen LogP contribution in [0.15, 0.2) is 12.1 Å². The van der Waals surface area contributed by atoms with Gasteiger partial charge >= 0.3 is 11.9 Å². The first-order chi connectivity index (χ1) is 11.8. The van der Waals surface area contributed by atoms with Crippen LogP contribution in [0.2, 0.25) is 0 Å². The summed E-state index contributed by atoms with van der Waals surface area (Å²) in [5.41, 5.74) is 7.08. The van der Waals surface area contributed by atoms with Crippen LogP contribution in [0.25, 0.3) is 0 Å². The third-order valence-electron chi connectivity index (χ3n) is 3.36. The van der Waals surface area contributed by atoms with Gasteiger partial charge in [0.25, 0.3) is 0 Å². The summed E-state index contributed by atoms with van der Waals surface area (Å²) < 4.78 is 9.93. The molecule has 0 saturated heterocycles. The predicted octanol–water partition coefficient (Wildman–Crippen LogP) is 1.28. The molecular formula is C17H25N3O5. The van der Waals surface area contributed by atoms with E-state index in [-0.39, 0.29) is 31.4 Å². The average molecular weight is 351 g/mol. The van der Waals surface area contributed by atoms with Gasteiger partial charge in [0.05, 0.1) is 24.9 Å². The lowest BCUT2D eigenvalue weighted by atomic mass is 9.96. The summed E-state index contributed by atoms with van der Waals surface area (Å²) in [6.07, 6.45) is -0.0346. The molecule has 1 unspecified atom stereocenters. The molecule has 1 rings (SSSR count). The van der Waals surface area contributed by atoms with Crippen molar-refractivity contribution in [3.05, 3.63) is 23.4 Å². The van der Waals surface area contributed by atoms with Gasteiger partial charge in [0.15, 0.2) is 5.92 Å². The van der Waals surface area contributed by atoms with Gasteiger partial charge in [-0.05, 0) is 44.9 Å². The minimum absolute atomic E-state index is 0.0346. The Kier molecular flexibility index (Phi) is 7.84. The smallest absolute Gasteiger partial charge is 0.320 e. The van der Waals surface area contributed by atoms with Crippen LogP contribution in [0.1, 0.15) is 44.5 Å². The molecule has 1 heterocycles. The molecule has 0 fully saturated rings. The molecular weight excluding hydrogens is 326 g/mol. The van der Waals surface area contributed by atoms with Crippen molar-refractivity contribution in [2.75, 3.05) is 18.9 Å². The number of carbonyl (C=O) groups excluding carboxylic acids is 3. The Hall–Kier alpha value is -2.64. The number of hydrogen-bond acceptors (Lipinski definition) is 7. The molecule has 1 atom stereocenters. The maximum Gasteiger partial charge on any atom is 0.320 e. The Labute approximate surface area is 147 Å². The number of anilines is 1. The number of nitrogens with two attached hydrogens (primary N) is 1. The molecule has 1 amide bonds. The molecule has 0 aliphatic carbocycles. The maximum atomic E-state index is 12.2. The number of nitrogen functional groups attached to an aromatic ring is 1. The fourth-order valence-electron chi connectivity index (χ4n) is 2.41. The monoisotopic (exact) mass is 351 g/mol. The fourth-order valence-corrected chi connectivity index (χ4v) is 2.41. The molecule has 138 valence electrons. The van der Waals surface area contributed by atoms with Gasteiger partial charge in [-0.1, -0.05) is 0 Å². The van der Waals surface area contributed by atoms with Crippen LogP contribution in [0.5, 0.6) is 0 Å². The third kappa shape index (κ3) is 6.40. The minimum Gasteiger partial charge on any atom is -0.465 e. The zero-order valence-electron chi connectivity index (χ0n) is 15.0. The van der Waals surface area contributed by atoms with Crippen LogP contribution in [-0.2, 0) is 23.9 Å². The summed E-state index contributed by atoms with van der Waals surface area (Å²) >= 11 is 0. The van der Waals surface area contributed by atoms with Gasteiger partial charge in [-0.15, -0.1) is 0 Å². The van der Waals surface area contributed by atoms with Crippen molar-refractivity contribution < 1.29 is 23.9 Å². The first-order valence-electron chi connectivity index (χ1n) is 8.12. The number of aryl methyl sites for hydroxylation is 1. The Balaban J connectivity index is 3.16. The molecule has 0 aliphatic rings. The van der Waals surface area contributed by atoms with Crippen molar-refractivity contribution in [2.24, 2.45) is 5.92 Å². The first-order valence-corrected chi connectivity index (χ1v) is 8.12. The maximum absolute atomic E-state index is 12.2. The van der Waals surface area contributed by atoms with Crippen LogP contribution < -0.4 is 11.1 Å². The van der Waals surface area contributed by atoms with Gasteiger partial charge in [-0.2, -0.15) is 0 Å². The van der Waals surface area contributed by atoms with Crippen molar-refractivity contribution in [3.8, 4) is 0 Å². The lowest BCUT2D eigenvalue weighted by Crippen LogP contribution is -2.35. The number of pyridine rings is 1. The Bertz CT molecular complexity index is 594. The van der Waals surface area contributed by atoms with E-state index in [4.69, 9.17) is 15.2 Å². The zero-order valence-corrected chi connectivity index (χ0v) is 15.0. The van der Waals surface area contributed by atoms with Crippen molar-refractivity contribution in [2.45, 2.75) is 40.2 Å². The molecule has 0 bridgehead atoms. The molecule has 8 nitrogen and oxygen atoms in total. The highest BCUT2D eigenvalue weighted by molar-refractivity contribution is 5.95. The highest BCUT2D eigenvalue weighted by atomic mass is 16.6. The van der Waals surface area contributed by atoms with Gasteiger partial charge in [-0.3, -0.25) is 14.4 Å². The molecule has 25 heavy (non-hydrogen) atoms. The normalized spacial score (nSPS) is 11.7. The Morgan fingerprint density at radius 2 is 1.72 bits per heavy atom. The summed E-state index contributed by atoms with van der Waals surface area (Å²) in [5, 5.41) is 2.70. The van der Waals surface area contributed by atoms with E-state index in [0.29, 0.717) is 5.69 Å². The zero-order chi connectivity index (χ0) is 19.0. The summed E-state index contributed by atoms with van der Waals surface area (Å²) in [5.74, 6) is -2.60. The number of esters is 2. The van der Waals surface area contributed by atoms with E-state index < -0.39 is 23.9 Å². The molecule has 1 aromatic heterocycles. The number of amides is 1. The Morgan fingerprint density at radius 1 is 1.16 bits per heavy atom. The lowest BCUT2D eigenvalue weighted by molar-refractivity contribution is -0.162. The van der Waals surface area contributed by atoms with Crippen LogP contribution in [-0.4, -0.2) is 36.0 Å². The topological polar surface area (TPSA) is 121 Å². The number of carbonyl (C=O) groups is 3. The number of aromatic nitrogens is 1. The van der Waals surface area contributed by atoms with E-state index in [0.717, 1.165) is 5.56 Å². The summed E-state index contributed by atoms with van der Waals surface area (Å²) in [7, 11) is 0. The molecule has 0 radical (unpaired) electrons. The summed E-state index contributed by atoms with van der Waals surface area (Å²) in [4.78, 5) is 40.1. The van der Waals surface area contributed by atoms with Crippen LogP contribution in [0.4, 0.5) is 5.82 Å². The van der Waals surface area contributed by atoms with Gasteiger partial charge in [0.2, 0.25) is 5.91 Å². The van der Waals surface area contributed by atoms with Crippen LogP contribution in [0, 0.1) is 12.8 Å². The predicted molar refractivity (Wildman–Crippen MR) is 91.3 cm³/mol. The highest BCUT2D eigenvalue weighted by Gasteiger charge is 2.33. The number of nitrogens with zero attached hydrogens (tertiary/aromatic N) is 1. The molecule has 0 aromatic carbocycles. The largest absolute Gasteiger partial charge is 0.465 e. The van der Waals surface area contributed by atoms with Gasteiger partial charge < -0.3 is 20.5 Å². The molecule has 0 spiro atoms. The van der Waals surface area contributed by atoms with Gasteiger partial charge in [-0.25, -0.2) is 4.98 Å². The number of nitrogens with one attached hydrogen (secondary N) is 1. The van der Waals surface area contributed by atoms with E-state index in [2.05, 4.69) is 10.3 Å². The molecule has 0 saturated carbocycles. The molecule has 0 aliphatic heterocycles. The second kappa shape index (κ2) is 9.61. The number of rotatable bonds is 8. The van der Waals surface area contributed by atoms with E-state index >= 15 is 0 Å². The highest BCUT2D eigenvalue weighted by Crippen LogP contribution is 2.24. The lowest BCUT2D eigenvalue weighted by Gasteiger charge is -2.22. The van der Waals surface area contributed by atoms with Crippen molar-refractivity contribution in [1.82, 2.24) is 10.3 Å². The molecule has 8 heteroatoms. The van der Waals surface area contributed by atoms with Crippen molar-refractivity contribution in [1.29, 1.82) is 0 Å². The van der Waals surface area contributed by atoms with E-state index in [9.17, 15) is 14.4 Å². The van der Waals surface area contributed by atoms with Crippen LogP contribution in [0.3, 0.4) is 0 Å².